The highest BCUT2D eigenvalue weighted by Crippen LogP contribution is 2.36. The summed E-state index contributed by atoms with van der Waals surface area (Å²) < 4.78 is 11.9. The highest BCUT2D eigenvalue weighted by atomic mass is 79.9. The van der Waals surface area contributed by atoms with Gasteiger partial charge >= 0.3 is 0 Å². The fraction of sp³-hybridized carbons (Fsp3) is 0.417. The monoisotopic (exact) mass is 503 g/mol. The van der Waals surface area contributed by atoms with Crippen LogP contribution in [0.3, 0.4) is 0 Å². The van der Waals surface area contributed by atoms with Crippen LogP contribution in [0.4, 0.5) is 5.69 Å². The third-order valence-electron chi connectivity index (χ3n) is 5.25. The summed E-state index contributed by atoms with van der Waals surface area (Å²) in [6, 6.07) is 11.4. The summed E-state index contributed by atoms with van der Waals surface area (Å²) in [5.41, 5.74) is 2.89. The van der Waals surface area contributed by atoms with Crippen LogP contribution in [0, 0.1) is 6.92 Å². The van der Waals surface area contributed by atoms with Crippen molar-refractivity contribution in [2.45, 2.75) is 32.7 Å². The number of halogens is 1. The molecule has 0 bridgehead atoms. The van der Waals surface area contributed by atoms with Crippen molar-refractivity contribution in [3.8, 4) is 11.5 Å². The summed E-state index contributed by atoms with van der Waals surface area (Å²) in [4.78, 5) is 25.8. The highest BCUT2D eigenvalue weighted by Gasteiger charge is 2.19. The summed E-state index contributed by atoms with van der Waals surface area (Å²) in [6.07, 6.45) is 2.58. The lowest BCUT2D eigenvalue weighted by Crippen LogP contribution is -2.28. The molecule has 0 saturated carbocycles. The summed E-state index contributed by atoms with van der Waals surface area (Å²) in [6.45, 7) is 5.03. The maximum atomic E-state index is 12.2. The average molecular weight is 504 g/mol. The standard InChI is InChI=1S/C24H30BrN3O4/c1-17-6-8-19(9-7-17)27-22(29)16-32-24-20(25)13-18(14-21(24)31-2)15-26-10-4-12-28-11-3-5-23(28)30/h6-9,13-14,26H,3-5,10-12,15-16H2,1-2H3,(H,27,29). The molecule has 1 aliphatic rings. The molecule has 2 aromatic rings. The molecule has 172 valence electrons. The number of ether oxygens (including phenoxy) is 2. The Labute approximate surface area is 197 Å². The number of anilines is 1. The highest BCUT2D eigenvalue weighted by molar-refractivity contribution is 9.10. The van der Waals surface area contributed by atoms with Gasteiger partial charge in [0.2, 0.25) is 5.91 Å². The van der Waals surface area contributed by atoms with Crippen LogP contribution < -0.4 is 20.1 Å². The first-order valence-electron chi connectivity index (χ1n) is 10.8. The number of nitrogens with zero attached hydrogens (tertiary/aromatic N) is 1. The van der Waals surface area contributed by atoms with Crippen molar-refractivity contribution in [2.24, 2.45) is 0 Å². The predicted molar refractivity (Wildman–Crippen MR) is 128 cm³/mol. The lowest BCUT2D eigenvalue weighted by Gasteiger charge is -2.16. The van der Waals surface area contributed by atoms with E-state index in [-0.39, 0.29) is 18.4 Å². The summed E-state index contributed by atoms with van der Waals surface area (Å²) in [5.74, 6) is 1.07. The van der Waals surface area contributed by atoms with Crippen molar-refractivity contribution in [1.29, 1.82) is 0 Å². The third kappa shape index (κ3) is 6.97. The van der Waals surface area contributed by atoms with Crippen LogP contribution in [0.5, 0.6) is 11.5 Å². The first-order chi connectivity index (χ1) is 15.5. The molecule has 1 fully saturated rings. The van der Waals surface area contributed by atoms with E-state index in [0.717, 1.165) is 53.8 Å². The molecule has 3 rings (SSSR count). The van der Waals surface area contributed by atoms with Gasteiger partial charge in [-0.25, -0.2) is 0 Å². The fourth-order valence-electron chi connectivity index (χ4n) is 3.56. The second kappa shape index (κ2) is 11.9. The molecule has 0 radical (unpaired) electrons. The van der Waals surface area contributed by atoms with E-state index in [1.165, 1.54) is 0 Å². The minimum Gasteiger partial charge on any atom is -0.493 e. The molecular weight excluding hydrogens is 474 g/mol. The molecule has 32 heavy (non-hydrogen) atoms. The van der Waals surface area contributed by atoms with Gasteiger partial charge in [-0.3, -0.25) is 9.59 Å². The molecule has 0 aromatic heterocycles. The Morgan fingerprint density at radius 3 is 2.69 bits per heavy atom. The Hall–Kier alpha value is -2.58. The molecule has 1 saturated heterocycles. The van der Waals surface area contributed by atoms with E-state index in [4.69, 9.17) is 9.47 Å². The van der Waals surface area contributed by atoms with E-state index in [0.29, 0.717) is 24.5 Å². The zero-order valence-corrected chi connectivity index (χ0v) is 20.2. The number of benzene rings is 2. The van der Waals surface area contributed by atoms with Crippen LogP contribution in [0.2, 0.25) is 0 Å². The maximum Gasteiger partial charge on any atom is 0.262 e. The zero-order valence-electron chi connectivity index (χ0n) is 18.6. The van der Waals surface area contributed by atoms with E-state index >= 15 is 0 Å². The van der Waals surface area contributed by atoms with Crippen LogP contribution in [0.15, 0.2) is 40.9 Å². The predicted octanol–water partition coefficient (Wildman–Crippen LogP) is 3.89. The van der Waals surface area contributed by atoms with Gasteiger partial charge < -0.3 is 25.0 Å². The Kier molecular flexibility index (Phi) is 8.93. The van der Waals surface area contributed by atoms with Crippen LogP contribution in [-0.2, 0) is 16.1 Å². The van der Waals surface area contributed by atoms with Crippen molar-refractivity contribution in [3.63, 3.8) is 0 Å². The van der Waals surface area contributed by atoms with Gasteiger partial charge in [0.05, 0.1) is 11.6 Å². The van der Waals surface area contributed by atoms with Crippen molar-refractivity contribution in [1.82, 2.24) is 10.2 Å². The number of nitrogens with one attached hydrogen (secondary N) is 2. The number of amides is 2. The second-order valence-corrected chi connectivity index (χ2v) is 8.68. The number of methoxy groups -OCH3 is 1. The average Bonchev–Trinajstić information content (AvgIpc) is 3.18. The van der Waals surface area contributed by atoms with Crippen LogP contribution in [0.25, 0.3) is 0 Å². The van der Waals surface area contributed by atoms with Gasteiger partial charge in [-0.2, -0.15) is 0 Å². The van der Waals surface area contributed by atoms with Gasteiger partial charge in [0.1, 0.15) is 0 Å². The van der Waals surface area contributed by atoms with Crippen LogP contribution in [0.1, 0.15) is 30.4 Å². The van der Waals surface area contributed by atoms with Gasteiger partial charge in [-0.1, -0.05) is 17.7 Å². The Morgan fingerprint density at radius 1 is 1.22 bits per heavy atom. The largest absolute Gasteiger partial charge is 0.493 e. The van der Waals surface area contributed by atoms with E-state index < -0.39 is 0 Å². The molecule has 8 heteroatoms. The quantitative estimate of drug-likeness (QED) is 0.454. The van der Waals surface area contributed by atoms with E-state index in [9.17, 15) is 9.59 Å². The summed E-state index contributed by atoms with van der Waals surface area (Å²) in [5, 5.41) is 6.22. The molecule has 2 amide bonds. The van der Waals surface area contributed by atoms with Gasteiger partial charge in [-0.15, -0.1) is 0 Å². The van der Waals surface area contributed by atoms with E-state index in [1.54, 1.807) is 7.11 Å². The lowest BCUT2D eigenvalue weighted by molar-refractivity contribution is -0.127. The Morgan fingerprint density at radius 2 is 2.00 bits per heavy atom. The second-order valence-electron chi connectivity index (χ2n) is 7.83. The molecule has 0 atom stereocenters. The molecule has 2 N–H and O–H groups in total. The Balaban J connectivity index is 1.47. The topological polar surface area (TPSA) is 79.9 Å². The first kappa shape index (κ1) is 24.1. The molecule has 0 unspecified atom stereocenters. The number of carbonyl (C=O) groups is 2. The van der Waals surface area contributed by atoms with Crippen LogP contribution >= 0.6 is 15.9 Å². The summed E-state index contributed by atoms with van der Waals surface area (Å²) >= 11 is 3.53. The normalized spacial score (nSPS) is 13.3. The molecule has 0 aliphatic carbocycles. The minimum absolute atomic E-state index is 0.129. The van der Waals surface area contributed by atoms with Crippen molar-refractivity contribution in [3.05, 3.63) is 52.0 Å². The number of hydrogen-bond donors (Lipinski definition) is 2. The van der Waals surface area contributed by atoms with Gasteiger partial charge in [-0.05, 0) is 72.1 Å². The van der Waals surface area contributed by atoms with Crippen molar-refractivity contribution < 1.29 is 19.1 Å². The molecule has 1 heterocycles. The minimum atomic E-state index is -0.245. The zero-order chi connectivity index (χ0) is 22.9. The summed E-state index contributed by atoms with van der Waals surface area (Å²) in [7, 11) is 1.57. The molecular formula is C24H30BrN3O4. The number of hydrogen-bond acceptors (Lipinski definition) is 5. The van der Waals surface area contributed by atoms with Crippen molar-refractivity contribution in [2.75, 3.05) is 38.7 Å². The fourth-order valence-corrected chi connectivity index (χ4v) is 4.16. The SMILES string of the molecule is COc1cc(CNCCCN2CCCC2=O)cc(Br)c1OCC(=O)Nc1ccc(C)cc1. The number of rotatable bonds is 11. The van der Waals surface area contributed by atoms with Crippen molar-refractivity contribution >= 4 is 33.4 Å². The maximum absolute atomic E-state index is 12.2. The van der Waals surface area contributed by atoms with Crippen LogP contribution in [-0.4, -0.2) is 50.1 Å². The first-order valence-corrected chi connectivity index (χ1v) is 11.6. The third-order valence-corrected chi connectivity index (χ3v) is 5.84. The molecule has 7 nitrogen and oxygen atoms in total. The molecule has 1 aliphatic heterocycles. The van der Waals surface area contributed by atoms with Gasteiger partial charge in [0.25, 0.3) is 5.91 Å². The number of carbonyl (C=O) groups excluding carboxylic acids is 2. The lowest BCUT2D eigenvalue weighted by atomic mass is 10.2. The van der Waals surface area contributed by atoms with Gasteiger partial charge in [0.15, 0.2) is 18.1 Å². The number of likely N-dealkylation sites (tertiary alicyclic amines) is 1. The van der Waals surface area contributed by atoms with E-state index in [2.05, 4.69) is 26.6 Å². The molecule has 0 spiro atoms. The van der Waals surface area contributed by atoms with E-state index in [1.807, 2.05) is 48.2 Å². The number of aryl methyl sites for hydroxylation is 1. The Bertz CT molecular complexity index is 934. The smallest absolute Gasteiger partial charge is 0.262 e. The molecule has 2 aromatic carbocycles. The van der Waals surface area contributed by atoms with Gasteiger partial charge in [0, 0.05) is 31.7 Å².